The van der Waals surface area contributed by atoms with E-state index in [4.69, 9.17) is 15.3 Å². The first-order valence-corrected chi connectivity index (χ1v) is 6.71. The third kappa shape index (κ3) is 24.4. The topological polar surface area (TPSA) is 69.9 Å². The zero-order chi connectivity index (χ0) is 15.0. The first kappa shape index (κ1) is 22.3. The number of nitrogens with zero attached hydrogens (tertiary/aromatic N) is 3. The number of rotatable bonds is 6. The lowest BCUT2D eigenvalue weighted by Gasteiger charge is -2.13. The second kappa shape index (κ2) is 18.5. The van der Waals surface area contributed by atoms with Gasteiger partial charge >= 0.3 is 0 Å². The van der Waals surface area contributed by atoms with E-state index in [1.54, 1.807) is 0 Å². The van der Waals surface area contributed by atoms with E-state index < -0.39 is 5.09 Å². The normalized spacial score (nSPS) is 9.33. The lowest BCUT2D eigenvalue weighted by atomic mass is 10.5. The van der Waals surface area contributed by atoms with Gasteiger partial charge in [0, 0.05) is 0 Å². The summed E-state index contributed by atoms with van der Waals surface area (Å²) in [6.07, 6.45) is 0. The minimum absolute atomic E-state index is 1.19. The van der Waals surface area contributed by atoms with E-state index in [-0.39, 0.29) is 0 Å². The molecule has 6 heteroatoms. The molecular weight excluding hydrogens is 234 g/mol. The van der Waals surface area contributed by atoms with E-state index in [2.05, 4.69) is 51.3 Å². The van der Waals surface area contributed by atoms with Crippen molar-refractivity contribution in [2.24, 2.45) is 0 Å². The summed E-state index contributed by atoms with van der Waals surface area (Å²) >= 11 is 0. The third-order valence-corrected chi connectivity index (χ3v) is 2.68. The second-order valence-corrected chi connectivity index (χ2v) is 3.48. The van der Waals surface area contributed by atoms with E-state index in [1.807, 2.05) is 0 Å². The molecule has 1 N–H and O–H groups in total. The Morgan fingerprint density at radius 1 is 0.778 bits per heavy atom. The molecule has 0 rings (SSSR count). The summed E-state index contributed by atoms with van der Waals surface area (Å²) in [4.78, 5) is 13.1. The van der Waals surface area contributed by atoms with Crippen molar-refractivity contribution < 1.29 is 10.3 Å². The van der Waals surface area contributed by atoms with Gasteiger partial charge in [-0.1, -0.05) is 41.5 Å². The molecule has 0 saturated carbocycles. The average Bonchev–Trinajstić information content (AvgIpc) is 2.34. The maximum absolute atomic E-state index is 8.36. The molecule has 0 aliphatic rings. The Morgan fingerprint density at radius 2 is 0.889 bits per heavy atom. The maximum atomic E-state index is 8.36. The van der Waals surface area contributed by atoms with Crippen LogP contribution in [-0.4, -0.2) is 59.4 Å². The van der Waals surface area contributed by atoms with Gasteiger partial charge < -0.3 is 15.0 Å². The molecule has 0 aliphatic carbocycles. The molecule has 0 spiro atoms. The smallest absolute Gasteiger partial charge is 0.291 e. The Kier molecular flexibility index (Phi) is 22.9. The SMILES string of the molecule is CCN(CC)CC.CCN(CC)CC.O=[N+]([O-])O. The average molecular weight is 265 g/mol. The van der Waals surface area contributed by atoms with Gasteiger partial charge in [0.25, 0.3) is 5.09 Å². The Labute approximate surface area is 112 Å². The van der Waals surface area contributed by atoms with E-state index in [1.165, 1.54) is 39.3 Å². The largest absolute Gasteiger partial charge is 0.328 e. The Balaban J connectivity index is -0.000000196. The van der Waals surface area contributed by atoms with Crippen LogP contribution in [0.4, 0.5) is 0 Å². The second-order valence-electron chi connectivity index (χ2n) is 3.48. The van der Waals surface area contributed by atoms with Gasteiger partial charge in [-0.25, -0.2) is 0 Å². The van der Waals surface area contributed by atoms with Crippen LogP contribution in [0.15, 0.2) is 0 Å². The van der Waals surface area contributed by atoms with Gasteiger partial charge in [-0.15, -0.1) is 10.1 Å². The monoisotopic (exact) mass is 265 g/mol. The predicted octanol–water partition coefficient (Wildman–Crippen LogP) is 2.35. The van der Waals surface area contributed by atoms with Crippen LogP contribution < -0.4 is 0 Å². The fraction of sp³-hybridized carbons (Fsp3) is 1.00. The summed E-state index contributed by atoms with van der Waals surface area (Å²) in [7, 11) is 0. The van der Waals surface area contributed by atoms with Crippen LogP contribution >= 0.6 is 0 Å². The molecule has 0 heterocycles. The summed E-state index contributed by atoms with van der Waals surface area (Å²) < 4.78 is 0. The first-order chi connectivity index (χ1) is 8.42. The molecule has 0 amide bonds. The van der Waals surface area contributed by atoms with Crippen LogP contribution in [0.3, 0.4) is 0 Å². The van der Waals surface area contributed by atoms with Gasteiger partial charge in [0.15, 0.2) is 0 Å². The molecule has 0 aromatic carbocycles. The summed E-state index contributed by atoms with van der Waals surface area (Å²) in [5.74, 6) is 0. The molecule has 18 heavy (non-hydrogen) atoms. The predicted molar refractivity (Wildman–Crippen MR) is 75.7 cm³/mol. The molecule has 0 fully saturated rings. The van der Waals surface area contributed by atoms with Crippen LogP contribution in [-0.2, 0) is 0 Å². The minimum atomic E-state index is -1.50. The van der Waals surface area contributed by atoms with Crippen molar-refractivity contribution in [3.8, 4) is 0 Å². The highest BCUT2D eigenvalue weighted by Crippen LogP contribution is 1.82. The molecule has 112 valence electrons. The van der Waals surface area contributed by atoms with Crippen LogP contribution in [0.2, 0.25) is 0 Å². The van der Waals surface area contributed by atoms with Gasteiger partial charge in [-0.05, 0) is 39.3 Å². The van der Waals surface area contributed by atoms with Gasteiger partial charge in [0.1, 0.15) is 0 Å². The van der Waals surface area contributed by atoms with Crippen molar-refractivity contribution in [3.05, 3.63) is 10.1 Å². The van der Waals surface area contributed by atoms with Crippen LogP contribution in [0, 0.1) is 10.1 Å². The number of hydrogen-bond donors (Lipinski definition) is 1. The molecule has 0 unspecified atom stereocenters. The van der Waals surface area contributed by atoms with E-state index in [9.17, 15) is 0 Å². The minimum Gasteiger partial charge on any atom is -0.328 e. The molecular formula is C12H31N3O3. The lowest BCUT2D eigenvalue weighted by molar-refractivity contribution is -0.742. The molecule has 0 aliphatic heterocycles. The van der Waals surface area contributed by atoms with Crippen molar-refractivity contribution >= 4 is 0 Å². The maximum Gasteiger partial charge on any atom is 0.291 e. The lowest BCUT2D eigenvalue weighted by Crippen LogP contribution is -2.21. The first-order valence-electron chi connectivity index (χ1n) is 6.71. The summed E-state index contributed by atoms with van der Waals surface area (Å²) in [6.45, 7) is 20.2. The van der Waals surface area contributed by atoms with Crippen LogP contribution in [0.5, 0.6) is 0 Å². The van der Waals surface area contributed by atoms with Gasteiger partial charge in [-0.3, -0.25) is 0 Å². The fourth-order valence-corrected chi connectivity index (χ4v) is 1.34. The quantitative estimate of drug-likeness (QED) is 0.589. The van der Waals surface area contributed by atoms with Crippen molar-refractivity contribution in [2.45, 2.75) is 41.5 Å². The Bertz CT molecular complexity index is 134. The molecule has 0 bridgehead atoms. The van der Waals surface area contributed by atoms with Gasteiger partial charge in [0.05, 0.1) is 0 Å². The zero-order valence-electron chi connectivity index (χ0n) is 12.8. The summed E-state index contributed by atoms with van der Waals surface area (Å²) in [5, 5.41) is 13.6. The number of hydrogen-bond acceptors (Lipinski definition) is 4. The van der Waals surface area contributed by atoms with Gasteiger partial charge in [-0.2, -0.15) is 0 Å². The molecule has 0 saturated heterocycles. The van der Waals surface area contributed by atoms with Crippen molar-refractivity contribution in [2.75, 3.05) is 39.3 Å². The summed E-state index contributed by atoms with van der Waals surface area (Å²) in [5.41, 5.74) is 0. The molecule has 0 aromatic rings. The van der Waals surface area contributed by atoms with E-state index >= 15 is 0 Å². The molecule has 6 nitrogen and oxygen atoms in total. The molecule has 0 atom stereocenters. The standard InChI is InChI=1S/2C6H15N.HNO3/c2*1-4-7(5-2)6-3;2-1(3)4/h2*4-6H2,1-3H3;(H,2,3,4). The van der Waals surface area contributed by atoms with Crippen molar-refractivity contribution in [1.82, 2.24) is 9.80 Å². The fourth-order valence-electron chi connectivity index (χ4n) is 1.34. The highest BCUT2D eigenvalue weighted by molar-refractivity contribution is 4.44. The van der Waals surface area contributed by atoms with Crippen LogP contribution in [0.1, 0.15) is 41.5 Å². The van der Waals surface area contributed by atoms with Crippen molar-refractivity contribution in [1.29, 1.82) is 0 Å². The zero-order valence-corrected chi connectivity index (χ0v) is 12.8. The summed E-state index contributed by atoms with van der Waals surface area (Å²) in [6, 6.07) is 0. The van der Waals surface area contributed by atoms with E-state index in [0.29, 0.717) is 0 Å². The molecule has 0 radical (unpaired) electrons. The van der Waals surface area contributed by atoms with E-state index in [0.717, 1.165) is 0 Å². The molecule has 0 aromatic heterocycles. The third-order valence-electron chi connectivity index (χ3n) is 2.68. The van der Waals surface area contributed by atoms with Crippen LogP contribution in [0.25, 0.3) is 0 Å². The highest BCUT2D eigenvalue weighted by atomic mass is 16.9. The Hall–Kier alpha value is -0.880. The van der Waals surface area contributed by atoms with Crippen molar-refractivity contribution in [3.63, 3.8) is 0 Å². The van der Waals surface area contributed by atoms with Gasteiger partial charge in [0.2, 0.25) is 0 Å². The highest BCUT2D eigenvalue weighted by Gasteiger charge is 1.89. The Morgan fingerprint density at radius 3 is 0.889 bits per heavy atom.